The lowest BCUT2D eigenvalue weighted by Crippen LogP contribution is -1.93. The van der Waals surface area contributed by atoms with Crippen molar-refractivity contribution in [3.8, 4) is 17.2 Å². The molecule has 0 aromatic heterocycles. The van der Waals surface area contributed by atoms with Gasteiger partial charge in [0.25, 0.3) is 0 Å². The molecule has 106 valence electrons. The summed E-state index contributed by atoms with van der Waals surface area (Å²) in [5.41, 5.74) is 1.10. The molecule has 0 bridgehead atoms. The predicted octanol–water partition coefficient (Wildman–Crippen LogP) is 4.00. The second-order valence-electron chi connectivity index (χ2n) is 4.12. The van der Waals surface area contributed by atoms with Crippen LogP contribution in [0.15, 0.2) is 47.4 Å². The van der Waals surface area contributed by atoms with Crippen molar-refractivity contribution in [2.24, 2.45) is 0 Å². The number of benzene rings is 2. The molecule has 0 unspecified atom stereocenters. The first-order chi connectivity index (χ1) is 9.78. The molecule has 0 N–H and O–H groups in total. The molecule has 0 spiro atoms. The fourth-order valence-electron chi connectivity index (χ4n) is 1.89. The van der Waals surface area contributed by atoms with Crippen LogP contribution in [-0.2, 0) is 5.75 Å². The maximum atomic E-state index is 5.39. The molecule has 0 fully saturated rings. The van der Waals surface area contributed by atoms with E-state index in [9.17, 15) is 0 Å². The summed E-state index contributed by atoms with van der Waals surface area (Å²) in [6, 6.07) is 13.8. The molecule has 3 nitrogen and oxygen atoms in total. The minimum absolute atomic E-state index is 0.792. The molecule has 0 amide bonds. The van der Waals surface area contributed by atoms with Gasteiger partial charge in [0.2, 0.25) is 0 Å². The zero-order chi connectivity index (χ0) is 14.4. The zero-order valence-electron chi connectivity index (χ0n) is 11.9. The highest BCUT2D eigenvalue weighted by Crippen LogP contribution is 2.34. The van der Waals surface area contributed by atoms with E-state index in [0.717, 1.165) is 33.5 Å². The van der Waals surface area contributed by atoms with Gasteiger partial charge in [-0.3, -0.25) is 0 Å². The maximum Gasteiger partial charge on any atom is 0.132 e. The number of methoxy groups -OCH3 is 3. The highest BCUT2D eigenvalue weighted by Gasteiger charge is 2.08. The number of thioether (sulfide) groups is 1. The van der Waals surface area contributed by atoms with E-state index < -0.39 is 0 Å². The Morgan fingerprint density at radius 3 is 2.30 bits per heavy atom. The second-order valence-corrected chi connectivity index (χ2v) is 5.13. The summed E-state index contributed by atoms with van der Waals surface area (Å²) in [5.74, 6) is 3.38. The van der Waals surface area contributed by atoms with Gasteiger partial charge >= 0.3 is 0 Å². The standard InChI is InChI=1S/C16H18O3S/c1-17-13-8-9-14(18-2)12(10-13)11-20-16-7-5-4-6-15(16)19-3/h4-10H,11H2,1-3H3. The maximum absolute atomic E-state index is 5.39. The van der Waals surface area contributed by atoms with Crippen LogP contribution in [0.4, 0.5) is 0 Å². The number of ether oxygens (including phenoxy) is 3. The SMILES string of the molecule is COc1ccc(OC)c(CSc2ccccc2OC)c1. The lowest BCUT2D eigenvalue weighted by molar-refractivity contribution is 0.400. The molecule has 2 aromatic rings. The molecular formula is C16H18O3S. The smallest absolute Gasteiger partial charge is 0.132 e. The molecule has 0 radical (unpaired) electrons. The Labute approximate surface area is 123 Å². The van der Waals surface area contributed by atoms with E-state index in [-0.39, 0.29) is 0 Å². The van der Waals surface area contributed by atoms with E-state index in [4.69, 9.17) is 14.2 Å². The van der Waals surface area contributed by atoms with Gasteiger partial charge < -0.3 is 14.2 Å². The van der Waals surface area contributed by atoms with Gasteiger partial charge in [0.15, 0.2) is 0 Å². The van der Waals surface area contributed by atoms with Gasteiger partial charge in [0.1, 0.15) is 17.2 Å². The van der Waals surface area contributed by atoms with Crippen LogP contribution >= 0.6 is 11.8 Å². The molecule has 0 aliphatic rings. The Kier molecular flexibility index (Phi) is 5.18. The summed E-state index contributed by atoms with van der Waals surface area (Å²) in [5, 5.41) is 0. The third-order valence-corrected chi connectivity index (χ3v) is 4.04. The third kappa shape index (κ3) is 3.39. The number of rotatable bonds is 6. The topological polar surface area (TPSA) is 27.7 Å². The fraction of sp³-hybridized carbons (Fsp3) is 0.250. The van der Waals surface area contributed by atoms with Crippen LogP contribution in [0.3, 0.4) is 0 Å². The summed E-state index contributed by atoms with van der Waals surface area (Å²) >= 11 is 1.71. The average molecular weight is 290 g/mol. The predicted molar refractivity (Wildman–Crippen MR) is 82.1 cm³/mol. The van der Waals surface area contributed by atoms with E-state index >= 15 is 0 Å². The highest BCUT2D eigenvalue weighted by molar-refractivity contribution is 7.98. The van der Waals surface area contributed by atoms with Gasteiger partial charge in [-0.05, 0) is 30.3 Å². The van der Waals surface area contributed by atoms with Crippen LogP contribution in [0.25, 0.3) is 0 Å². The van der Waals surface area contributed by atoms with Crippen LogP contribution in [0.5, 0.6) is 17.2 Å². The van der Waals surface area contributed by atoms with Crippen LogP contribution in [0, 0.1) is 0 Å². The van der Waals surface area contributed by atoms with Crippen molar-refractivity contribution >= 4 is 11.8 Å². The fourth-order valence-corrected chi connectivity index (χ4v) is 2.89. The first kappa shape index (κ1) is 14.6. The molecule has 20 heavy (non-hydrogen) atoms. The lowest BCUT2D eigenvalue weighted by Gasteiger charge is -2.11. The second kappa shape index (κ2) is 7.10. The normalized spacial score (nSPS) is 10.2. The molecule has 4 heteroatoms. The molecule has 2 aromatic carbocycles. The molecule has 0 saturated heterocycles. The summed E-state index contributed by atoms with van der Waals surface area (Å²) in [6.07, 6.45) is 0. The summed E-state index contributed by atoms with van der Waals surface area (Å²) in [6.45, 7) is 0. The van der Waals surface area contributed by atoms with Crippen molar-refractivity contribution in [3.63, 3.8) is 0 Å². The molecule has 0 atom stereocenters. The monoisotopic (exact) mass is 290 g/mol. The van der Waals surface area contributed by atoms with E-state index in [1.54, 1.807) is 33.1 Å². The van der Waals surface area contributed by atoms with Crippen molar-refractivity contribution in [2.75, 3.05) is 21.3 Å². The van der Waals surface area contributed by atoms with Crippen LogP contribution < -0.4 is 14.2 Å². The van der Waals surface area contributed by atoms with Crippen molar-refractivity contribution in [1.82, 2.24) is 0 Å². The molecule has 0 heterocycles. The van der Waals surface area contributed by atoms with Crippen molar-refractivity contribution in [3.05, 3.63) is 48.0 Å². The van der Waals surface area contributed by atoms with Crippen LogP contribution in [0.2, 0.25) is 0 Å². The highest BCUT2D eigenvalue weighted by atomic mass is 32.2. The Morgan fingerprint density at radius 2 is 1.60 bits per heavy atom. The molecule has 2 rings (SSSR count). The van der Waals surface area contributed by atoms with Gasteiger partial charge in [0, 0.05) is 16.2 Å². The van der Waals surface area contributed by atoms with Crippen molar-refractivity contribution in [1.29, 1.82) is 0 Å². The number of hydrogen-bond acceptors (Lipinski definition) is 4. The van der Waals surface area contributed by atoms with E-state index in [0.29, 0.717) is 0 Å². The summed E-state index contributed by atoms with van der Waals surface area (Å²) < 4.78 is 16.0. The minimum atomic E-state index is 0.792. The summed E-state index contributed by atoms with van der Waals surface area (Å²) in [7, 11) is 5.03. The Bertz CT molecular complexity index is 569. The lowest BCUT2D eigenvalue weighted by atomic mass is 10.2. The van der Waals surface area contributed by atoms with Gasteiger partial charge in [-0.2, -0.15) is 0 Å². The summed E-state index contributed by atoms with van der Waals surface area (Å²) in [4.78, 5) is 1.11. The first-order valence-electron chi connectivity index (χ1n) is 6.25. The van der Waals surface area contributed by atoms with Crippen molar-refractivity contribution < 1.29 is 14.2 Å². The molecular weight excluding hydrogens is 272 g/mol. The quantitative estimate of drug-likeness (QED) is 0.751. The first-order valence-corrected chi connectivity index (χ1v) is 7.23. The molecule has 0 aliphatic carbocycles. The number of hydrogen-bond donors (Lipinski definition) is 0. The van der Waals surface area contributed by atoms with Crippen LogP contribution in [-0.4, -0.2) is 21.3 Å². The van der Waals surface area contributed by atoms with Gasteiger partial charge in [0.05, 0.1) is 21.3 Å². The van der Waals surface area contributed by atoms with Gasteiger partial charge in [-0.1, -0.05) is 12.1 Å². The van der Waals surface area contributed by atoms with Gasteiger partial charge in [-0.15, -0.1) is 11.8 Å². The Morgan fingerprint density at radius 1 is 0.850 bits per heavy atom. The third-order valence-electron chi connectivity index (χ3n) is 2.94. The van der Waals surface area contributed by atoms with Gasteiger partial charge in [-0.25, -0.2) is 0 Å². The largest absolute Gasteiger partial charge is 0.497 e. The Hall–Kier alpha value is -1.81. The van der Waals surface area contributed by atoms with Crippen molar-refractivity contribution in [2.45, 2.75) is 10.6 Å². The van der Waals surface area contributed by atoms with E-state index in [1.807, 2.05) is 36.4 Å². The minimum Gasteiger partial charge on any atom is -0.497 e. The Balaban J connectivity index is 2.17. The number of para-hydroxylation sites is 1. The molecule has 0 aliphatic heterocycles. The average Bonchev–Trinajstić information content (AvgIpc) is 2.52. The van der Waals surface area contributed by atoms with E-state index in [2.05, 4.69) is 6.07 Å². The zero-order valence-corrected chi connectivity index (χ0v) is 12.7. The van der Waals surface area contributed by atoms with E-state index in [1.165, 1.54) is 0 Å². The van der Waals surface area contributed by atoms with Crippen LogP contribution in [0.1, 0.15) is 5.56 Å². The molecule has 0 saturated carbocycles.